The van der Waals surface area contributed by atoms with Crippen molar-refractivity contribution in [3.05, 3.63) is 75.8 Å². The zero-order valence-corrected chi connectivity index (χ0v) is 16.1. The third kappa shape index (κ3) is 3.60. The predicted octanol–water partition coefficient (Wildman–Crippen LogP) is 3.13. The molecule has 28 heavy (non-hydrogen) atoms. The van der Waals surface area contributed by atoms with E-state index in [4.69, 9.17) is 5.26 Å². The lowest BCUT2D eigenvalue weighted by Gasteiger charge is -2.07. The van der Waals surface area contributed by atoms with E-state index in [0.29, 0.717) is 18.4 Å². The van der Waals surface area contributed by atoms with Crippen molar-refractivity contribution >= 4 is 5.97 Å². The molecular weight excluding hydrogens is 354 g/mol. The number of ether oxygens (including phenoxy) is 1. The Labute approximate surface area is 163 Å². The van der Waals surface area contributed by atoms with E-state index in [9.17, 15) is 9.59 Å². The molecule has 0 aliphatic rings. The van der Waals surface area contributed by atoms with Crippen LogP contribution in [0.25, 0.3) is 16.9 Å². The molecule has 0 spiro atoms. The summed E-state index contributed by atoms with van der Waals surface area (Å²) < 4.78 is 7.93. The second kappa shape index (κ2) is 7.97. The van der Waals surface area contributed by atoms with E-state index in [0.717, 1.165) is 28.2 Å². The Hall–Kier alpha value is -3.59. The summed E-state index contributed by atoms with van der Waals surface area (Å²) in [6.07, 6.45) is 0.944. The Bertz CT molecular complexity index is 1100. The molecule has 1 heterocycles. The average molecular weight is 375 g/mol. The van der Waals surface area contributed by atoms with Gasteiger partial charge in [-0.2, -0.15) is 5.26 Å². The quantitative estimate of drug-likeness (QED) is 0.642. The van der Waals surface area contributed by atoms with Crippen molar-refractivity contribution in [2.24, 2.45) is 7.05 Å². The molecule has 3 rings (SSSR count). The Morgan fingerprint density at radius 1 is 1.11 bits per heavy atom. The molecule has 0 aliphatic carbocycles. The van der Waals surface area contributed by atoms with Crippen LogP contribution in [-0.4, -0.2) is 22.2 Å². The molecule has 2 aromatic carbocycles. The van der Waals surface area contributed by atoms with Gasteiger partial charge >= 0.3 is 11.7 Å². The van der Waals surface area contributed by atoms with Crippen LogP contribution >= 0.6 is 0 Å². The summed E-state index contributed by atoms with van der Waals surface area (Å²) >= 11 is 0. The number of benzene rings is 2. The van der Waals surface area contributed by atoms with Gasteiger partial charge in [-0.05, 0) is 43.2 Å². The van der Waals surface area contributed by atoms with Crippen LogP contribution in [0, 0.1) is 18.3 Å². The summed E-state index contributed by atoms with van der Waals surface area (Å²) in [7, 11) is 3.13. The minimum Gasteiger partial charge on any atom is -0.469 e. The molecule has 0 radical (unpaired) electrons. The molecule has 142 valence electrons. The van der Waals surface area contributed by atoms with Gasteiger partial charge in [0.1, 0.15) is 0 Å². The highest BCUT2D eigenvalue weighted by Gasteiger charge is 2.17. The molecule has 0 saturated heterocycles. The number of nitrogens with zero attached hydrogens (tertiary/aromatic N) is 3. The molecule has 0 bridgehead atoms. The first-order valence-electron chi connectivity index (χ1n) is 8.91. The third-order valence-corrected chi connectivity index (χ3v) is 4.82. The van der Waals surface area contributed by atoms with Crippen LogP contribution < -0.4 is 5.69 Å². The third-order valence-electron chi connectivity index (χ3n) is 4.82. The summed E-state index contributed by atoms with van der Waals surface area (Å²) in [5.74, 6) is -0.234. The highest BCUT2D eigenvalue weighted by atomic mass is 16.5. The number of carbonyl (C=O) groups excluding carboxylic acids is 1. The number of nitriles is 1. The van der Waals surface area contributed by atoms with Crippen LogP contribution in [0.2, 0.25) is 0 Å². The summed E-state index contributed by atoms with van der Waals surface area (Å²) in [6.45, 7) is 1.90. The molecule has 0 atom stereocenters. The second-order valence-corrected chi connectivity index (χ2v) is 6.54. The molecule has 0 aliphatic heterocycles. The highest BCUT2D eigenvalue weighted by Crippen LogP contribution is 2.25. The number of hydrogen-bond donors (Lipinski definition) is 0. The van der Waals surface area contributed by atoms with Gasteiger partial charge in [-0.15, -0.1) is 0 Å². The zero-order valence-electron chi connectivity index (χ0n) is 16.1. The van der Waals surface area contributed by atoms with Crippen molar-refractivity contribution in [3.63, 3.8) is 0 Å². The second-order valence-electron chi connectivity index (χ2n) is 6.54. The fourth-order valence-electron chi connectivity index (χ4n) is 3.31. The molecule has 3 aromatic rings. The van der Waals surface area contributed by atoms with Crippen molar-refractivity contribution in [1.82, 2.24) is 9.13 Å². The number of esters is 1. The van der Waals surface area contributed by atoms with Gasteiger partial charge in [0.2, 0.25) is 0 Å². The number of rotatable bonds is 5. The predicted molar refractivity (Wildman–Crippen MR) is 106 cm³/mol. The van der Waals surface area contributed by atoms with Crippen molar-refractivity contribution < 1.29 is 9.53 Å². The minimum absolute atomic E-state index is 0.146. The molecular formula is C22H21N3O3. The van der Waals surface area contributed by atoms with Gasteiger partial charge in [0.15, 0.2) is 0 Å². The number of aromatic nitrogens is 2. The van der Waals surface area contributed by atoms with Gasteiger partial charge in [-0.25, -0.2) is 4.79 Å². The molecule has 6 nitrogen and oxygen atoms in total. The molecule has 1 aromatic heterocycles. The number of hydrogen-bond acceptors (Lipinski definition) is 4. The van der Waals surface area contributed by atoms with Crippen LogP contribution in [0.5, 0.6) is 0 Å². The lowest BCUT2D eigenvalue weighted by Crippen LogP contribution is -2.21. The van der Waals surface area contributed by atoms with Gasteiger partial charge in [0.05, 0.1) is 30.1 Å². The van der Waals surface area contributed by atoms with E-state index in [1.54, 1.807) is 40.4 Å². The van der Waals surface area contributed by atoms with E-state index in [1.807, 2.05) is 31.2 Å². The van der Waals surface area contributed by atoms with Gasteiger partial charge in [0, 0.05) is 24.7 Å². The molecule has 0 unspecified atom stereocenters. The Morgan fingerprint density at radius 3 is 2.32 bits per heavy atom. The lowest BCUT2D eigenvalue weighted by molar-refractivity contribution is -0.140. The highest BCUT2D eigenvalue weighted by molar-refractivity contribution is 5.69. The first-order chi connectivity index (χ1) is 13.5. The summed E-state index contributed by atoms with van der Waals surface area (Å²) in [5, 5.41) is 8.96. The first kappa shape index (κ1) is 19.2. The van der Waals surface area contributed by atoms with E-state index in [2.05, 4.69) is 10.8 Å². The van der Waals surface area contributed by atoms with Crippen LogP contribution in [0.4, 0.5) is 0 Å². The number of methoxy groups -OCH3 is 1. The fraction of sp³-hybridized carbons (Fsp3) is 0.227. The maximum Gasteiger partial charge on any atom is 0.333 e. The smallest absolute Gasteiger partial charge is 0.333 e. The van der Waals surface area contributed by atoms with Crippen molar-refractivity contribution in [2.75, 3.05) is 7.11 Å². The van der Waals surface area contributed by atoms with Crippen molar-refractivity contribution in [3.8, 4) is 23.0 Å². The largest absolute Gasteiger partial charge is 0.469 e. The van der Waals surface area contributed by atoms with Crippen LogP contribution in [0.3, 0.4) is 0 Å². The van der Waals surface area contributed by atoms with Crippen molar-refractivity contribution in [1.29, 1.82) is 5.26 Å². The van der Waals surface area contributed by atoms with Crippen LogP contribution in [0.1, 0.15) is 23.2 Å². The van der Waals surface area contributed by atoms with Crippen LogP contribution in [0.15, 0.2) is 53.3 Å². The number of carbonyl (C=O) groups is 1. The standard InChI is InChI=1S/C22H21N3O3/c1-15-21(18-9-4-16(5-10-18)8-13-20(26)28-3)24(2)22(27)25(15)19-11-6-17(14-23)7-12-19/h4-7,9-12H,8,13H2,1-3H3. The van der Waals surface area contributed by atoms with Gasteiger partial charge in [0.25, 0.3) is 0 Å². The molecule has 0 fully saturated rings. The van der Waals surface area contributed by atoms with Crippen LogP contribution in [-0.2, 0) is 23.0 Å². The van der Waals surface area contributed by atoms with E-state index in [1.165, 1.54) is 7.11 Å². The van der Waals surface area contributed by atoms with E-state index in [-0.39, 0.29) is 11.7 Å². The zero-order chi connectivity index (χ0) is 20.3. The lowest BCUT2D eigenvalue weighted by atomic mass is 10.0. The summed E-state index contributed by atoms with van der Waals surface area (Å²) in [6, 6.07) is 16.9. The normalized spacial score (nSPS) is 10.5. The summed E-state index contributed by atoms with van der Waals surface area (Å²) in [4.78, 5) is 24.1. The van der Waals surface area contributed by atoms with Gasteiger partial charge in [-0.1, -0.05) is 24.3 Å². The SMILES string of the molecule is COC(=O)CCc1ccc(-c2c(C)n(-c3ccc(C#N)cc3)c(=O)n2C)cc1. The molecule has 6 heteroatoms. The topological polar surface area (TPSA) is 77.0 Å². The maximum atomic E-state index is 12.8. The minimum atomic E-state index is -0.234. The Balaban J connectivity index is 1.96. The van der Waals surface area contributed by atoms with Crippen molar-refractivity contribution in [2.45, 2.75) is 19.8 Å². The monoisotopic (exact) mass is 375 g/mol. The van der Waals surface area contributed by atoms with E-state index < -0.39 is 0 Å². The molecule has 0 amide bonds. The van der Waals surface area contributed by atoms with Gasteiger partial charge < -0.3 is 4.74 Å². The number of imidazole rings is 1. The van der Waals surface area contributed by atoms with E-state index >= 15 is 0 Å². The Kier molecular flexibility index (Phi) is 5.46. The maximum absolute atomic E-state index is 12.8. The summed E-state index contributed by atoms with van der Waals surface area (Å²) in [5.41, 5.74) is 4.72. The molecule has 0 N–H and O–H groups in total. The number of aryl methyl sites for hydroxylation is 1. The molecule has 0 saturated carbocycles. The fourth-order valence-corrected chi connectivity index (χ4v) is 3.31. The Morgan fingerprint density at radius 2 is 1.75 bits per heavy atom. The van der Waals surface area contributed by atoms with Gasteiger partial charge in [-0.3, -0.25) is 13.9 Å². The first-order valence-corrected chi connectivity index (χ1v) is 8.91. The average Bonchev–Trinajstić information content (AvgIpc) is 2.95.